The van der Waals surface area contributed by atoms with Gasteiger partial charge in [-0.15, -0.1) is 0 Å². The van der Waals surface area contributed by atoms with Crippen molar-refractivity contribution in [1.29, 1.82) is 0 Å². The quantitative estimate of drug-likeness (QED) is 0.741. The van der Waals surface area contributed by atoms with Crippen LogP contribution in [0.25, 0.3) is 0 Å². The fourth-order valence-electron chi connectivity index (χ4n) is 2.92. The summed E-state index contributed by atoms with van der Waals surface area (Å²) in [6.45, 7) is 4.04. The second-order valence-corrected chi connectivity index (χ2v) is 6.01. The summed E-state index contributed by atoms with van der Waals surface area (Å²) >= 11 is 0. The monoisotopic (exact) mass is 276 g/mol. The lowest BCUT2D eigenvalue weighted by molar-refractivity contribution is -0.126. The Morgan fingerprint density at radius 2 is 1.75 bits per heavy atom. The first-order valence-corrected chi connectivity index (χ1v) is 7.32. The number of carbonyl (C=O) groups excluding carboxylic acids is 1. The van der Waals surface area contributed by atoms with Crippen LogP contribution in [-0.2, 0) is 4.79 Å². The highest BCUT2D eigenvalue weighted by Crippen LogP contribution is 2.30. The van der Waals surface area contributed by atoms with Crippen LogP contribution >= 0.6 is 0 Å². The Hall–Kier alpha value is -1.55. The van der Waals surface area contributed by atoms with Crippen LogP contribution < -0.4 is 10.9 Å². The van der Waals surface area contributed by atoms with Crippen molar-refractivity contribution in [2.75, 3.05) is 5.43 Å². The van der Waals surface area contributed by atoms with Gasteiger partial charge in [-0.3, -0.25) is 15.6 Å². The smallest absolute Gasteiger partial charge is 0.241 e. The fraction of sp³-hybridized carbons (Fsp3) is 0.562. The average molecular weight is 276 g/mol. The van der Waals surface area contributed by atoms with E-state index in [0.29, 0.717) is 0 Å². The van der Waals surface area contributed by atoms with Gasteiger partial charge in [-0.05, 0) is 49.9 Å². The predicted octanol–water partition coefficient (Wildman–Crippen LogP) is 2.83. The summed E-state index contributed by atoms with van der Waals surface area (Å²) in [4.78, 5) is 11.9. The predicted molar refractivity (Wildman–Crippen MR) is 80.3 cm³/mol. The Morgan fingerprint density at radius 3 is 2.35 bits per heavy atom. The number of carbonyl (C=O) groups is 1. The first kappa shape index (κ1) is 14.9. The molecule has 0 radical (unpaired) electrons. The van der Waals surface area contributed by atoms with Crippen molar-refractivity contribution in [3.8, 4) is 0 Å². The molecule has 4 heteroatoms. The van der Waals surface area contributed by atoms with Gasteiger partial charge in [-0.25, -0.2) is 0 Å². The second kappa shape index (κ2) is 6.27. The Kier molecular flexibility index (Phi) is 4.65. The number of hydrazine groups is 1. The summed E-state index contributed by atoms with van der Waals surface area (Å²) < 4.78 is 0. The number of rotatable bonds is 4. The van der Waals surface area contributed by atoms with Crippen LogP contribution in [0.1, 0.15) is 49.7 Å². The van der Waals surface area contributed by atoms with Crippen molar-refractivity contribution >= 4 is 11.6 Å². The minimum Gasteiger partial charge on any atom is -0.389 e. The highest BCUT2D eigenvalue weighted by atomic mass is 16.3. The molecule has 0 saturated heterocycles. The van der Waals surface area contributed by atoms with Crippen LogP contribution in [0.5, 0.6) is 0 Å². The number of aliphatic hydroxyl groups is 1. The standard InChI is InChI=1S/C16H24N2O2/c1-12-8-13(2)10-14(9-12)17-18-15(19)11-16(20)6-4-3-5-7-16/h8-10,17,20H,3-7,11H2,1-2H3,(H,18,19). The zero-order valence-electron chi connectivity index (χ0n) is 12.3. The largest absolute Gasteiger partial charge is 0.389 e. The summed E-state index contributed by atoms with van der Waals surface area (Å²) in [7, 11) is 0. The van der Waals surface area contributed by atoms with Gasteiger partial charge in [0, 0.05) is 0 Å². The van der Waals surface area contributed by atoms with Gasteiger partial charge in [0.15, 0.2) is 0 Å². The minimum atomic E-state index is -0.813. The van der Waals surface area contributed by atoms with E-state index in [1.165, 1.54) is 0 Å². The van der Waals surface area contributed by atoms with Crippen LogP contribution in [0.4, 0.5) is 5.69 Å². The number of benzene rings is 1. The van der Waals surface area contributed by atoms with Crippen LogP contribution in [0.3, 0.4) is 0 Å². The van der Waals surface area contributed by atoms with Gasteiger partial charge in [-0.2, -0.15) is 0 Å². The molecule has 20 heavy (non-hydrogen) atoms. The highest BCUT2D eigenvalue weighted by molar-refractivity contribution is 5.78. The summed E-state index contributed by atoms with van der Waals surface area (Å²) in [6.07, 6.45) is 4.80. The van der Waals surface area contributed by atoms with Gasteiger partial charge in [-0.1, -0.05) is 25.3 Å². The molecule has 2 rings (SSSR count). The number of hydrogen-bond donors (Lipinski definition) is 3. The van der Waals surface area contributed by atoms with Crippen LogP contribution in [-0.4, -0.2) is 16.6 Å². The van der Waals surface area contributed by atoms with Crippen molar-refractivity contribution in [3.05, 3.63) is 29.3 Å². The van der Waals surface area contributed by atoms with Crippen molar-refractivity contribution in [2.45, 2.75) is 58.0 Å². The molecule has 1 amide bonds. The molecule has 1 saturated carbocycles. The van der Waals surface area contributed by atoms with Crippen LogP contribution in [0.15, 0.2) is 18.2 Å². The Bertz CT molecular complexity index is 459. The van der Waals surface area contributed by atoms with Crippen LogP contribution in [0.2, 0.25) is 0 Å². The van der Waals surface area contributed by atoms with Gasteiger partial charge in [0.2, 0.25) is 5.91 Å². The Morgan fingerprint density at radius 1 is 1.15 bits per heavy atom. The average Bonchev–Trinajstić information content (AvgIpc) is 2.35. The molecule has 0 atom stereocenters. The maximum atomic E-state index is 11.9. The first-order chi connectivity index (χ1) is 9.47. The molecule has 1 aliphatic carbocycles. The van der Waals surface area contributed by atoms with Gasteiger partial charge in [0.05, 0.1) is 17.7 Å². The van der Waals surface area contributed by atoms with E-state index in [-0.39, 0.29) is 12.3 Å². The van der Waals surface area contributed by atoms with E-state index in [0.717, 1.165) is 48.9 Å². The van der Waals surface area contributed by atoms with Crippen molar-refractivity contribution < 1.29 is 9.90 Å². The van der Waals surface area contributed by atoms with E-state index in [2.05, 4.69) is 16.9 Å². The van der Waals surface area contributed by atoms with E-state index < -0.39 is 5.60 Å². The number of hydrogen-bond acceptors (Lipinski definition) is 3. The first-order valence-electron chi connectivity index (χ1n) is 7.32. The molecule has 1 aromatic rings. The lowest BCUT2D eigenvalue weighted by Crippen LogP contribution is -2.40. The normalized spacial score (nSPS) is 17.6. The maximum Gasteiger partial charge on any atom is 0.241 e. The number of aryl methyl sites for hydroxylation is 2. The lowest BCUT2D eigenvalue weighted by atomic mass is 9.82. The Labute approximate surface area is 120 Å². The molecule has 0 spiro atoms. The molecule has 1 aromatic carbocycles. The third-order valence-electron chi connectivity index (χ3n) is 3.84. The molecule has 3 N–H and O–H groups in total. The van der Waals surface area contributed by atoms with E-state index in [1.54, 1.807) is 0 Å². The molecule has 0 heterocycles. The summed E-state index contributed by atoms with van der Waals surface area (Å²) in [5, 5.41) is 10.3. The van der Waals surface area contributed by atoms with Crippen LogP contribution in [0, 0.1) is 13.8 Å². The minimum absolute atomic E-state index is 0.159. The summed E-state index contributed by atoms with van der Waals surface area (Å²) in [6, 6.07) is 6.03. The zero-order chi connectivity index (χ0) is 14.6. The molecule has 4 nitrogen and oxygen atoms in total. The molecule has 1 fully saturated rings. The lowest BCUT2D eigenvalue weighted by Gasteiger charge is -2.31. The van der Waals surface area contributed by atoms with E-state index in [4.69, 9.17) is 0 Å². The number of amides is 1. The summed E-state index contributed by atoms with van der Waals surface area (Å²) in [5.41, 5.74) is 7.95. The molecular formula is C16H24N2O2. The highest BCUT2D eigenvalue weighted by Gasteiger charge is 2.31. The SMILES string of the molecule is Cc1cc(C)cc(NNC(=O)CC2(O)CCCCC2)c1. The molecule has 1 aliphatic rings. The third kappa shape index (κ3) is 4.23. The third-order valence-corrected chi connectivity index (χ3v) is 3.84. The number of anilines is 1. The van der Waals surface area contributed by atoms with E-state index in [9.17, 15) is 9.90 Å². The molecule has 0 aliphatic heterocycles. The van der Waals surface area contributed by atoms with Gasteiger partial charge >= 0.3 is 0 Å². The summed E-state index contributed by atoms with van der Waals surface area (Å²) in [5.74, 6) is -0.159. The molecular weight excluding hydrogens is 252 g/mol. The van der Waals surface area contributed by atoms with E-state index in [1.807, 2.05) is 26.0 Å². The fourth-order valence-corrected chi connectivity index (χ4v) is 2.92. The topological polar surface area (TPSA) is 61.4 Å². The number of nitrogens with one attached hydrogen (secondary N) is 2. The molecule has 0 unspecified atom stereocenters. The van der Waals surface area contributed by atoms with Gasteiger partial charge in [0.25, 0.3) is 0 Å². The molecule has 110 valence electrons. The zero-order valence-corrected chi connectivity index (χ0v) is 12.3. The molecule has 0 aromatic heterocycles. The van der Waals surface area contributed by atoms with E-state index >= 15 is 0 Å². The van der Waals surface area contributed by atoms with Crippen molar-refractivity contribution in [2.24, 2.45) is 0 Å². The molecule has 0 bridgehead atoms. The van der Waals surface area contributed by atoms with Crippen molar-refractivity contribution in [3.63, 3.8) is 0 Å². The van der Waals surface area contributed by atoms with Gasteiger partial charge < -0.3 is 5.11 Å². The maximum absolute atomic E-state index is 11.9. The van der Waals surface area contributed by atoms with Gasteiger partial charge in [0.1, 0.15) is 0 Å². The van der Waals surface area contributed by atoms with Crippen molar-refractivity contribution in [1.82, 2.24) is 5.43 Å². The Balaban J connectivity index is 1.85. The second-order valence-electron chi connectivity index (χ2n) is 6.01.